The van der Waals surface area contributed by atoms with E-state index in [1.54, 1.807) is 17.9 Å². The van der Waals surface area contributed by atoms with E-state index < -0.39 is 35.3 Å². The number of benzene rings is 1. The van der Waals surface area contributed by atoms with Gasteiger partial charge in [-0.1, -0.05) is 11.6 Å². The van der Waals surface area contributed by atoms with E-state index in [1.165, 1.54) is 6.20 Å². The number of nitrogens with zero attached hydrogens (tertiary/aromatic N) is 2. The van der Waals surface area contributed by atoms with Crippen molar-refractivity contribution >= 4 is 17.5 Å². The van der Waals surface area contributed by atoms with Crippen molar-refractivity contribution in [2.75, 3.05) is 13.2 Å². The summed E-state index contributed by atoms with van der Waals surface area (Å²) in [5.74, 6) is -2.01. The van der Waals surface area contributed by atoms with Gasteiger partial charge in [0.2, 0.25) is 0 Å². The third-order valence-corrected chi connectivity index (χ3v) is 3.86. The Kier molecular flexibility index (Phi) is 4.68. The standard InChI is InChI=1S/C15H14ClF2N3O3/c1-21-5-8(4-19-21)24-14-7-23-6-13(14)20-15(22)9-2-12(18)10(16)3-11(9)17/h2-5,13-14H,6-7H2,1H3,(H,20,22)/t13-,14+/m0/s1. The topological polar surface area (TPSA) is 65.4 Å². The maximum atomic E-state index is 13.8. The number of aromatic nitrogens is 2. The monoisotopic (exact) mass is 357 g/mol. The predicted octanol–water partition coefficient (Wildman–Crippen LogP) is 1.93. The third kappa shape index (κ3) is 3.49. The van der Waals surface area contributed by atoms with Crippen LogP contribution in [0.4, 0.5) is 8.78 Å². The first-order valence-corrected chi connectivity index (χ1v) is 7.50. The van der Waals surface area contributed by atoms with Crippen molar-refractivity contribution < 1.29 is 23.0 Å². The van der Waals surface area contributed by atoms with Gasteiger partial charge in [0, 0.05) is 7.05 Å². The van der Waals surface area contributed by atoms with Gasteiger partial charge in [0.1, 0.15) is 17.7 Å². The van der Waals surface area contributed by atoms with E-state index in [0.29, 0.717) is 5.75 Å². The lowest BCUT2D eigenvalue weighted by Crippen LogP contribution is -2.45. The maximum Gasteiger partial charge on any atom is 0.254 e. The van der Waals surface area contributed by atoms with Gasteiger partial charge in [-0.05, 0) is 12.1 Å². The molecule has 3 rings (SSSR count). The van der Waals surface area contributed by atoms with E-state index in [-0.39, 0.29) is 18.2 Å². The van der Waals surface area contributed by atoms with Crippen molar-refractivity contribution in [3.05, 3.63) is 46.7 Å². The fourth-order valence-corrected chi connectivity index (χ4v) is 2.51. The number of nitrogens with one attached hydrogen (secondary N) is 1. The Bertz CT molecular complexity index is 768. The van der Waals surface area contributed by atoms with Gasteiger partial charge >= 0.3 is 0 Å². The Labute approximate surface area is 141 Å². The van der Waals surface area contributed by atoms with Gasteiger partial charge in [0.25, 0.3) is 5.91 Å². The number of amides is 1. The van der Waals surface area contributed by atoms with Crippen LogP contribution in [-0.2, 0) is 11.8 Å². The molecular weight excluding hydrogens is 344 g/mol. The lowest BCUT2D eigenvalue weighted by molar-refractivity contribution is 0.0899. The molecule has 9 heteroatoms. The molecule has 0 bridgehead atoms. The number of carbonyl (C=O) groups is 1. The molecule has 1 amide bonds. The van der Waals surface area contributed by atoms with Crippen molar-refractivity contribution in [1.82, 2.24) is 15.1 Å². The van der Waals surface area contributed by atoms with Crippen LogP contribution in [0.5, 0.6) is 5.75 Å². The van der Waals surface area contributed by atoms with Crippen molar-refractivity contribution in [2.45, 2.75) is 12.1 Å². The second kappa shape index (κ2) is 6.74. The molecule has 1 N–H and O–H groups in total. The van der Waals surface area contributed by atoms with Crippen LogP contribution in [0, 0.1) is 11.6 Å². The fourth-order valence-electron chi connectivity index (χ4n) is 2.36. The summed E-state index contributed by atoms with van der Waals surface area (Å²) < 4.78 is 39.9. The number of carbonyl (C=O) groups excluding carboxylic acids is 1. The second-order valence-corrected chi connectivity index (χ2v) is 5.78. The minimum absolute atomic E-state index is 0.203. The van der Waals surface area contributed by atoms with Gasteiger partial charge in [-0.2, -0.15) is 5.10 Å². The highest BCUT2D eigenvalue weighted by Gasteiger charge is 2.32. The molecule has 0 spiro atoms. The highest BCUT2D eigenvalue weighted by atomic mass is 35.5. The number of hydrogen-bond acceptors (Lipinski definition) is 4. The lowest BCUT2D eigenvalue weighted by atomic mass is 10.1. The Balaban J connectivity index is 1.70. The molecule has 128 valence electrons. The van der Waals surface area contributed by atoms with Crippen LogP contribution in [0.3, 0.4) is 0 Å². The minimum Gasteiger partial charge on any atom is -0.482 e. The van der Waals surface area contributed by atoms with Crippen molar-refractivity contribution in [2.24, 2.45) is 7.05 Å². The first-order valence-electron chi connectivity index (χ1n) is 7.12. The van der Waals surface area contributed by atoms with Gasteiger partial charge in [-0.25, -0.2) is 8.78 Å². The zero-order chi connectivity index (χ0) is 17.3. The van der Waals surface area contributed by atoms with Gasteiger partial charge in [-0.3, -0.25) is 9.48 Å². The van der Waals surface area contributed by atoms with Crippen LogP contribution in [0.25, 0.3) is 0 Å². The summed E-state index contributed by atoms with van der Waals surface area (Å²) >= 11 is 5.48. The molecule has 0 unspecified atom stereocenters. The zero-order valence-electron chi connectivity index (χ0n) is 12.6. The van der Waals surface area contributed by atoms with Crippen LogP contribution in [-0.4, -0.2) is 41.0 Å². The van der Waals surface area contributed by atoms with Crippen LogP contribution in [0.1, 0.15) is 10.4 Å². The Morgan fingerprint density at radius 3 is 2.92 bits per heavy atom. The van der Waals surface area contributed by atoms with E-state index >= 15 is 0 Å². The first-order chi connectivity index (χ1) is 11.4. The number of halogens is 3. The molecule has 6 nitrogen and oxygen atoms in total. The molecule has 1 aliphatic rings. The van der Waals surface area contributed by atoms with Gasteiger partial charge < -0.3 is 14.8 Å². The molecule has 1 aromatic heterocycles. The molecule has 2 heterocycles. The molecule has 2 aromatic rings. The van der Waals surface area contributed by atoms with Crippen LogP contribution in [0.2, 0.25) is 5.02 Å². The molecule has 0 saturated carbocycles. The maximum absolute atomic E-state index is 13.8. The highest BCUT2D eigenvalue weighted by Crippen LogP contribution is 2.20. The number of aryl methyl sites for hydroxylation is 1. The van der Waals surface area contributed by atoms with Crippen molar-refractivity contribution in [3.63, 3.8) is 0 Å². The largest absolute Gasteiger partial charge is 0.482 e. The summed E-state index contributed by atoms with van der Waals surface area (Å²) in [6.45, 7) is 0.464. The molecule has 24 heavy (non-hydrogen) atoms. The smallest absolute Gasteiger partial charge is 0.254 e. The van der Waals surface area contributed by atoms with Crippen molar-refractivity contribution in [1.29, 1.82) is 0 Å². The molecule has 1 aliphatic heterocycles. The van der Waals surface area contributed by atoms with Crippen LogP contribution >= 0.6 is 11.6 Å². The molecular formula is C15H14ClF2N3O3. The lowest BCUT2D eigenvalue weighted by Gasteiger charge is -2.19. The zero-order valence-corrected chi connectivity index (χ0v) is 13.4. The van der Waals surface area contributed by atoms with E-state index in [1.807, 2.05) is 0 Å². The normalized spacial score (nSPS) is 20.2. The van der Waals surface area contributed by atoms with E-state index in [2.05, 4.69) is 10.4 Å². The summed E-state index contributed by atoms with van der Waals surface area (Å²) in [6.07, 6.45) is 2.75. The SMILES string of the molecule is Cn1cc(O[C@@H]2COC[C@@H]2NC(=O)c2cc(F)c(Cl)cc2F)cn1. The average molecular weight is 358 g/mol. The van der Waals surface area contributed by atoms with Gasteiger partial charge in [0.05, 0.1) is 42.2 Å². The summed E-state index contributed by atoms with van der Waals surface area (Å²) in [6, 6.07) is 1.02. The quantitative estimate of drug-likeness (QED) is 0.849. The van der Waals surface area contributed by atoms with Crippen LogP contribution < -0.4 is 10.1 Å². The fraction of sp³-hybridized carbons (Fsp3) is 0.333. The summed E-state index contributed by atoms with van der Waals surface area (Å²) in [5.41, 5.74) is -0.427. The number of hydrogen-bond donors (Lipinski definition) is 1. The summed E-state index contributed by atoms with van der Waals surface area (Å²) in [4.78, 5) is 12.2. The minimum atomic E-state index is -0.900. The molecule has 1 saturated heterocycles. The van der Waals surface area contributed by atoms with E-state index in [9.17, 15) is 13.6 Å². The average Bonchev–Trinajstić information content (AvgIpc) is 3.13. The third-order valence-electron chi connectivity index (χ3n) is 3.57. The van der Waals surface area contributed by atoms with Gasteiger partial charge in [0.15, 0.2) is 5.75 Å². The molecule has 2 atom stereocenters. The molecule has 1 aromatic carbocycles. The molecule has 0 aliphatic carbocycles. The van der Waals surface area contributed by atoms with Crippen molar-refractivity contribution in [3.8, 4) is 5.75 Å². The number of ether oxygens (including phenoxy) is 2. The first kappa shape index (κ1) is 16.7. The number of rotatable bonds is 4. The van der Waals surface area contributed by atoms with Crippen LogP contribution in [0.15, 0.2) is 24.5 Å². The van der Waals surface area contributed by atoms with Gasteiger partial charge in [-0.15, -0.1) is 0 Å². The highest BCUT2D eigenvalue weighted by molar-refractivity contribution is 6.30. The Hall–Kier alpha value is -2.19. The molecule has 1 fully saturated rings. The Morgan fingerprint density at radius 1 is 1.42 bits per heavy atom. The summed E-state index contributed by atoms with van der Waals surface area (Å²) in [5, 5.41) is 6.19. The summed E-state index contributed by atoms with van der Waals surface area (Å²) in [7, 11) is 1.75. The Morgan fingerprint density at radius 2 is 2.21 bits per heavy atom. The van der Waals surface area contributed by atoms with E-state index in [0.717, 1.165) is 12.1 Å². The second-order valence-electron chi connectivity index (χ2n) is 5.37. The van der Waals surface area contributed by atoms with E-state index in [4.69, 9.17) is 21.1 Å². The molecule has 0 radical (unpaired) electrons. The predicted molar refractivity (Wildman–Crippen MR) is 81.1 cm³/mol.